The molecular weight excluding hydrogens is 252 g/mol. The molecule has 0 spiro atoms. The normalized spacial score (nSPS) is 20.5. The molecule has 1 unspecified atom stereocenters. The van der Waals surface area contributed by atoms with Gasteiger partial charge in [-0.15, -0.1) is 5.10 Å². The lowest BCUT2D eigenvalue weighted by atomic mass is 10.2. The van der Waals surface area contributed by atoms with Crippen molar-refractivity contribution in [2.24, 2.45) is 0 Å². The first-order valence-corrected chi connectivity index (χ1v) is 7.20. The maximum Gasteiger partial charge on any atom is 0.343 e. The van der Waals surface area contributed by atoms with E-state index in [0.29, 0.717) is 11.7 Å². The lowest BCUT2D eigenvalue weighted by Gasteiger charge is -2.12. The minimum absolute atomic E-state index is 0.0518. The van der Waals surface area contributed by atoms with E-state index in [0.717, 1.165) is 32.2 Å². The lowest BCUT2D eigenvalue weighted by Crippen LogP contribution is -2.31. The van der Waals surface area contributed by atoms with Gasteiger partial charge in [-0.25, -0.2) is 9.89 Å². The maximum absolute atomic E-state index is 11.8. The Balaban J connectivity index is 2.12. The predicted octanol–water partition coefficient (Wildman–Crippen LogP) is 0.742. The highest BCUT2D eigenvalue weighted by Crippen LogP contribution is 2.25. The third-order valence-electron chi connectivity index (χ3n) is 2.90. The first kappa shape index (κ1) is 13.2. The number of carbonyl (C=O) groups excluding carboxylic acids is 1. The molecule has 100 valence electrons. The van der Waals surface area contributed by atoms with Crippen LogP contribution in [0.4, 0.5) is 0 Å². The molecule has 0 aliphatic carbocycles. The number of nitrogens with one attached hydrogen (secondary N) is 2. The Hall–Kier alpha value is -1.24. The average molecular weight is 270 g/mol. The number of thioether (sulfide) groups is 1. The van der Waals surface area contributed by atoms with Crippen LogP contribution in [-0.4, -0.2) is 32.5 Å². The van der Waals surface area contributed by atoms with Gasteiger partial charge in [0.1, 0.15) is 0 Å². The molecule has 1 amide bonds. The standard InChI is InChI=1S/C11H18N4O2S/c1-2-7-15-10(17)13-14-11(15)18-8-5-3-4-6-12-9(8)16/h8H,2-7H2,1H3,(H,12,16)(H,13,17). The highest BCUT2D eigenvalue weighted by atomic mass is 32.2. The van der Waals surface area contributed by atoms with Gasteiger partial charge in [0.2, 0.25) is 5.91 Å². The molecule has 1 aromatic heterocycles. The monoisotopic (exact) mass is 270 g/mol. The van der Waals surface area contributed by atoms with E-state index < -0.39 is 0 Å². The van der Waals surface area contributed by atoms with Crippen molar-refractivity contribution >= 4 is 17.7 Å². The summed E-state index contributed by atoms with van der Waals surface area (Å²) in [6.45, 7) is 3.39. The molecule has 1 saturated heterocycles. The van der Waals surface area contributed by atoms with E-state index >= 15 is 0 Å². The van der Waals surface area contributed by atoms with E-state index in [1.165, 1.54) is 11.8 Å². The summed E-state index contributed by atoms with van der Waals surface area (Å²) in [5.74, 6) is 0.0518. The quantitative estimate of drug-likeness (QED) is 0.846. The van der Waals surface area contributed by atoms with Crippen LogP contribution in [0.1, 0.15) is 32.6 Å². The predicted molar refractivity (Wildman–Crippen MR) is 69.6 cm³/mol. The fourth-order valence-corrected chi connectivity index (χ4v) is 3.09. The number of carbonyl (C=O) groups is 1. The van der Waals surface area contributed by atoms with Gasteiger partial charge in [0, 0.05) is 13.1 Å². The lowest BCUT2D eigenvalue weighted by molar-refractivity contribution is -0.120. The Morgan fingerprint density at radius 1 is 1.44 bits per heavy atom. The first-order chi connectivity index (χ1) is 8.72. The van der Waals surface area contributed by atoms with Crippen LogP contribution in [-0.2, 0) is 11.3 Å². The number of hydrogen-bond donors (Lipinski definition) is 2. The van der Waals surface area contributed by atoms with Crippen molar-refractivity contribution in [2.75, 3.05) is 6.54 Å². The van der Waals surface area contributed by atoms with Crippen LogP contribution >= 0.6 is 11.8 Å². The molecule has 2 rings (SSSR count). The summed E-state index contributed by atoms with van der Waals surface area (Å²) in [6, 6.07) is 0. The summed E-state index contributed by atoms with van der Waals surface area (Å²) >= 11 is 1.38. The number of rotatable bonds is 4. The highest BCUT2D eigenvalue weighted by molar-refractivity contribution is 8.00. The van der Waals surface area contributed by atoms with E-state index in [2.05, 4.69) is 15.5 Å². The van der Waals surface area contributed by atoms with Crippen molar-refractivity contribution in [3.8, 4) is 0 Å². The van der Waals surface area contributed by atoms with Gasteiger partial charge in [-0.3, -0.25) is 9.36 Å². The molecular formula is C11H18N4O2S. The van der Waals surface area contributed by atoms with Crippen molar-refractivity contribution in [3.63, 3.8) is 0 Å². The maximum atomic E-state index is 11.8. The van der Waals surface area contributed by atoms with Crippen molar-refractivity contribution in [1.82, 2.24) is 20.1 Å². The average Bonchev–Trinajstić information content (AvgIpc) is 2.57. The van der Waals surface area contributed by atoms with Crippen LogP contribution in [0.5, 0.6) is 0 Å². The molecule has 1 atom stereocenters. The second kappa shape index (κ2) is 6.08. The summed E-state index contributed by atoms with van der Waals surface area (Å²) in [7, 11) is 0. The largest absolute Gasteiger partial charge is 0.355 e. The molecule has 2 heterocycles. The molecule has 18 heavy (non-hydrogen) atoms. The first-order valence-electron chi connectivity index (χ1n) is 6.32. The Labute approximate surface area is 110 Å². The number of nitrogens with zero attached hydrogens (tertiary/aromatic N) is 2. The molecule has 0 radical (unpaired) electrons. The number of aromatic nitrogens is 3. The van der Waals surface area contributed by atoms with Crippen LogP contribution in [0.2, 0.25) is 0 Å². The van der Waals surface area contributed by atoms with Gasteiger partial charge in [-0.2, -0.15) is 0 Å². The van der Waals surface area contributed by atoms with Gasteiger partial charge in [0.05, 0.1) is 5.25 Å². The van der Waals surface area contributed by atoms with E-state index in [1.54, 1.807) is 4.57 Å². The molecule has 0 aromatic carbocycles. The van der Waals surface area contributed by atoms with Gasteiger partial charge in [-0.1, -0.05) is 25.1 Å². The van der Waals surface area contributed by atoms with E-state index in [-0.39, 0.29) is 16.8 Å². The number of aromatic amines is 1. The summed E-state index contributed by atoms with van der Waals surface area (Å²) in [6.07, 6.45) is 3.75. The highest BCUT2D eigenvalue weighted by Gasteiger charge is 2.24. The number of H-pyrrole nitrogens is 1. The van der Waals surface area contributed by atoms with Crippen LogP contribution in [0.25, 0.3) is 0 Å². The van der Waals surface area contributed by atoms with Crippen molar-refractivity contribution < 1.29 is 4.79 Å². The molecule has 7 heteroatoms. The van der Waals surface area contributed by atoms with E-state index in [9.17, 15) is 9.59 Å². The minimum atomic E-state index is -0.201. The van der Waals surface area contributed by atoms with Crippen molar-refractivity contribution in [2.45, 2.75) is 49.6 Å². The smallest absolute Gasteiger partial charge is 0.343 e. The molecule has 1 fully saturated rings. The molecule has 2 N–H and O–H groups in total. The fraction of sp³-hybridized carbons (Fsp3) is 0.727. The molecule has 1 aromatic rings. The zero-order valence-corrected chi connectivity index (χ0v) is 11.3. The fourth-order valence-electron chi connectivity index (χ4n) is 1.96. The SMILES string of the molecule is CCCn1c(SC2CCCCNC2=O)n[nH]c1=O. The topological polar surface area (TPSA) is 79.8 Å². The van der Waals surface area contributed by atoms with Gasteiger partial charge < -0.3 is 5.32 Å². The van der Waals surface area contributed by atoms with E-state index in [4.69, 9.17) is 0 Å². The van der Waals surface area contributed by atoms with Gasteiger partial charge in [0.15, 0.2) is 5.16 Å². The van der Waals surface area contributed by atoms with Crippen LogP contribution in [0, 0.1) is 0 Å². The van der Waals surface area contributed by atoms with Gasteiger partial charge in [-0.05, 0) is 19.3 Å². The Bertz CT molecular complexity index is 468. The third-order valence-corrected chi connectivity index (χ3v) is 4.16. The molecule has 0 bridgehead atoms. The molecule has 6 nitrogen and oxygen atoms in total. The zero-order valence-electron chi connectivity index (χ0n) is 10.4. The van der Waals surface area contributed by atoms with Crippen LogP contribution in [0.15, 0.2) is 9.95 Å². The zero-order chi connectivity index (χ0) is 13.0. The summed E-state index contributed by atoms with van der Waals surface area (Å²) in [5.41, 5.74) is -0.201. The van der Waals surface area contributed by atoms with E-state index in [1.807, 2.05) is 6.92 Å². The number of hydrogen-bond acceptors (Lipinski definition) is 4. The van der Waals surface area contributed by atoms with Crippen LogP contribution in [0.3, 0.4) is 0 Å². The van der Waals surface area contributed by atoms with Crippen molar-refractivity contribution in [3.05, 3.63) is 10.5 Å². The Morgan fingerprint density at radius 2 is 2.28 bits per heavy atom. The van der Waals surface area contributed by atoms with Crippen molar-refractivity contribution in [1.29, 1.82) is 0 Å². The summed E-state index contributed by atoms with van der Waals surface area (Å²) in [5, 5.41) is 9.81. The third kappa shape index (κ3) is 2.95. The second-order valence-electron chi connectivity index (χ2n) is 4.36. The number of amides is 1. The Morgan fingerprint density at radius 3 is 3.06 bits per heavy atom. The van der Waals surface area contributed by atoms with Gasteiger partial charge in [0.25, 0.3) is 0 Å². The molecule has 0 saturated carbocycles. The van der Waals surface area contributed by atoms with Gasteiger partial charge >= 0.3 is 5.69 Å². The molecule has 1 aliphatic rings. The summed E-state index contributed by atoms with van der Waals surface area (Å²) < 4.78 is 1.60. The summed E-state index contributed by atoms with van der Waals surface area (Å²) in [4.78, 5) is 23.4. The van der Waals surface area contributed by atoms with Crippen LogP contribution < -0.4 is 11.0 Å². The second-order valence-corrected chi connectivity index (χ2v) is 5.53. The Kier molecular flexibility index (Phi) is 4.46. The minimum Gasteiger partial charge on any atom is -0.355 e. The molecule has 1 aliphatic heterocycles.